The van der Waals surface area contributed by atoms with Crippen LogP contribution in [0.25, 0.3) is 0 Å². The monoisotopic (exact) mass is 413 g/mol. The summed E-state index contributed by atoms with van der Waals surface area (Å²) >= 11 is 0. The molecule has 2 aromatic rings. The van der Waals surface area contributed by atoms with Gasteiger partial charge < -0.3 is 15.1 Å². The van der Waals surface area contributed by atoms with Gasteiger partial charge in [-0.2, -0.15) is 5.10 Å². The van der Waals surface area contributed by atoms with Crippen molar-refractivity contribution in [3.05, 3.63) is 42.0 Å². The summed E-state index contributed by atoms with van der Waals surface area (Å²) in [7, 11) is 0. The molecule has 2 aliphatic heterocycles. The number of hydrogen-bond acceptors (Lipinski definition) is 4. The number of amides is 2. The molecule has 7 nitrogen and oxygen atoms in total. The quantitative estimate of drug-likeness (QED) is 0.817. The van der Waals surface area contributed by atoms with Gasteiger partial charge in [0.05, 0.1) is 11.6 Å². The molecule has 1 aromatic carbocycles. The van der Waals surface area contributed by atoms with Crippen LogP contribution < -0.4 is 10.2 Å². The SMILES string of the molecule is CC(C)n1ccc(C(=O)N2CCC(C(=O)Nc3ccc(N4CCCC4)c(F)c3)C2)n1. The first-order valence-corrected chi connectivity index (χ1v) is 10.6. The molecule has 0 spiro atoms. The summed E-state index contributed by atoms with van der Waals surface area (Å²) in [4.78, 5) is 29.0. The number of aromatic nitrogens is 2. The van der Waals surface area contributed by atoms with Gasteiger partial charge in [-0.15, -0.1) is 0 Å². The second-order valence-corrected chi connectivity index (χ2v) is 8.36. The second-order valence-electron chi connectivity index (χ2n) is 8.36. The maximum Gasteiger partial charge on any atom is 0.274 e. The van der Waals surface area contributed by atoms with Crippen molar-refractivity contribution in [2.24, 2.45) is 5.92 Å². The van der Waals surface area contributed by atoms with Crippen molar-refractivity contribution in [2.75, 3.05) is 36.4 Å². The second kappa shape index (κ2) is 8.45. The third-order valence-electron chi connectivity index (χ3n) is 5.86. The van der Waals surface area contributed by atoms with E-state index in [4.69, 9.17) is 0 Å². The smallest absolute Gasteiger partial charge is 0.274 e. The lowest BCUT2D eigenvalue weighted by Gasteiger charge is -2.19. The molecule has 1 aromatic heterocycles. The Labute approximate surface area is 175 Å². The van der Waals surface area contributed by atoms with E-state index in [1.54, 1.807) is 34.0 Å². The number of rotatable bonds is 5. The Morgan fingerprint density at radius 3 is 2.60 bits per heavy atom. The van der Waals surface area contributed by atoms with Gasteiger partial charge in [-0.1, -0.05) is 0 Å². The number of carbonyl (C=O) groups is 2. The molecule has 1 N–H and O–H groups in total. The van der Waals surface area contributed by atoms with Gasteiger partial charge in [0.25, 0.3) is 5.91 Å². The Kier molecular flexibility index (Phi) is 5.74. The number of halogens is 1. The highest BCUT2D eigenvalue weighted by atomic mass is 19.1. The predicted octanol–water partition coefficient (Wildman–Crippen LogP) is 3.30. The van der Waals surface area contributed by atoms with Gasteiger partial charge in [0.1, 0.15) is 11.5 Å². The lowest BCUT2D eigenvalue weighted by atomic mass is 10.1. The van der Waals surface area contributed by atoms with Crippen molar-refractivity contribution in [2.45, 2.75) is 39.2 Å². The molecular formula is C22H28FN5O2. The number of nitrogens with zero attached hydrogens (tertiary/aromatic N) is 4. The van der Waals surface area contributed by atoms with Crippen molar-refractivity contribution in [1.82, 2.24) is 14.7 Å². The molecule has 1 unspecified atom stereocenters. The van der Waals surface area contributed by atoms with E-state index in [0.29, 0.717) is 36.6 Å². The zero-order valence-electron chi connectivity index (χ0n) is 17.5. The average Bonchev–Trinajstić information content (AvgIpc) is 3.48. The molecule has 2 fully saturated rings. The third kappa shape index (κ3) is 4.17. The normalized spacial score (nSPS) is 19.0. The van der Waals surface area contributed by atoms with Gasteiger partial charge in [-0.25, -0.2) is 4.39 Å². The molecule has 0 saturated carbocycles. The molecule has 4 rings (SSSR count). The zero-order valence-corrected chi connectivity index (χ0v) is 17.5. The first-order chi connectivity index (χ1) is 14.4. The van der Waals surface area contributed by atoms with Gasteiger partial charge in [-0.3, -0.25) is 14.3 Å². The topological polar surface area (TPSA) is 70.5 Å². The number of likely N-dealkylation sites (tertiary alicyclic amines) is 1. The Morgan fingerprint density at radius 1 is 1.17 bits per heavy atom. The zero-order chi connectivity index (χ0) is 21.3. The van der Waals surface area contributed by atoms with Gasteiger partial charge in [0.2, 0.25) is 5.91 Å². The number of carbonyl (C=O) groups excluding carboxylic acids is 2. The van der Waals surface area contributed by atoms with E-state index in [2.05, 4.69) is 10.4 Å². The highest BCUT2D eigenvalue weighted by Crippen LogP contribution is 2.27. The van der Waals surface area contributed by atoms with E-state index in [0.717, 1.165) is 25.9 Å². The Hall–Kier alpha value is -2.90. The minimum Gasteiger partial charge on any atom is -0.369 e. The first-order valence-electron chi connectivity index (χ1n) is 10.6. The Balaban J connectivity index is 1.35. The molecule has 30 heavy (non-hydrogen) atoms. The van der Waals surface area contributed by atoms with Crippen LogP contribution >= 0.6 is 0 Å². The van der Waals surface area contributed by atoms with Crippen molar-refractivity contribution >= 4 is 23.2 Å². The maximum atomic E-state index is 14.5. The van der Waals surface area contributed by atoms with E-state index in [1.807, 2.05) is 18.7 Å². The number of benzene rings is 1. The van der Waals surface area contributed by atoms with Crippen LogP contribution in [0.1, 0.15) is 49.6 Å². The van der Waals surface area contributed by atoms with Crippen LogP contribution in [-0.2, 0) is 4.79 Å². The van der Waals surface area contributed by atoms with Gasteiger partial charge in [0.15, 0.2) is 0 Å². The lowest BCUT2D eigenvalue weighted by molar-refractivity contribution is -0.119. The first kappa shape index (κ1) is 20.4. The summed E-state index contributed by atoms with van der Waals surface area (Å²) in [5.74, 6) is -0.988. The van der Waals surface area contributed by atoms with Crippen molar-refractivity contribution < 1.29 is 14.0 Å². The van der Waals surface area contributed by atoms with Crippen LogP contribution in [0.5, 0.6) is 0 Å². The summed E-state index contributed by atoms with van der Waals surface area (Å²) < 4.78 is 16.2. The van der Waals surface area contributed by atoms with E-state index in [1.165, 1.54) is 6.07 Å². The molecule has 2 saturated heterocycles. The predicted molar refractivity (Wildman–Crippen MR) is 113 cm³/mol. The van der Waals surface area contributed by atoms with Gasteiger partial charge in [-0.05, 0) is 57.4 Å². The largest absolute Gasteiger partial charge is 0.369 e. The van der Waals surface area contributed by atoms with Crippen LogP contribution in [0.2, 0.25) is 0 Å². The van der Waals surface area contributed by atoms with Crippen LogP contribution in [-0.4, -0.2) is 52.7 Å². The molecule has 0 radical (unpaired) electrons. The minimum atomic E-state index is -0.321. The van der Waals surface area contributed by atoms with E-state index in [-0.39, 0.29) is 29.6 Å². The summed E-state index contributed by atoms with van der Waals surface area (Å²) in [6, 6.07) is 6.74. The van der Waals surface area contributed by atoms with Crippen LogP contribution in [0.15, 0.2) is 30.5 Å². The average molecular weight is 413 g/mol. The molecule has 2 amide bonds. The van der Waals surface area contributed by atoms with Crippen LogP contribution in [0.3, 0.4) is 0 Å². The summed E-state index contributed by atoms with van der Waals surface area (Å²) in [6.45, 7) is 6.57. The maximum absolute atomic E-state index is 14.5. The van der Waals surface area contributed by atoms with E-state index >= 15 is 0 Å². The van der Waals surface area contributed by atoms with Crippen LogP contribution in [0.4, 0.5) is 15.8 Å². The molecule has 0 bridgehead atoms. The fourth-order valence-corrected chi connectivity index (χ4v) is 4.10. The third-order valence-corrected chi connectivity index (χ3v) is 5.86. The number of nitrogens with one attached hydrogen (secondary N) is 1. The highest BCUT2D eigenvalue weighted by molar-refractivity contribution is 5.96. The molecule has 3 heterocycles. The van der Waals surface area contributed by atoms with Crippen molar-refractivity contribution in [3.63, 3.8) is 0 Å². The molecule has 0 aliphatic carbocycles. The fourth-order valence-electron chi connectivity index (χ4n) is 4.10. The van der Waals surface area contributed by atoms with E-state index in [9.17, 15) is 14.0 Å². The summed E-state index contributed by atoms with van der Waals surface area (Å²) in [5, 5.41) is 7.13. The standard InChI is InChI=1S/C22H28FN5O2/c1-15(2)28-12-8-19(25-28)22(30)27-11-7-16(14-27)21(29)24-17-5-6-20(18(23)13-17)26-9-3-4-10-26/h5-6,8,12-13,15-16H,3-4,7,9-11,14H2,1-2H3,(H,24,29). The van der Waals surface area contributed by atoms with Gasteiger partial charge >= 0.3 is 0 Å². The Bertz CT molecular complexity index is 935. The molecule has 1 atom stereocenters. The molecule has 8 heteroatoms. The Morgan fingerprint density at radius 2 is 1.93 bits per heavy atom. The van der Waals surface area contributed by atoms with Gasteiger partial charge in [0, 0.05) is 44.1 Å². The van der Waals surface area contributed by atoms with Crippen LogP contribution in [0, 0.1) is 11.7 Å². The number of hydrogen-bond donors (Lipinski definition) is 1. The van der Waals surface area contributed by atoms with E-state index < -0.39 is 0 Å². The van der Waals surface area contributed by atoms with Crippen molar-refractivity contribution in [3.8, 4) is 0 Å². The number of anilines is 2. The summed E-state index contributed by atoms with van der Waals surface area (Å²) in [6.07, 6.45) is 4.52. The minimum absolute atomic E-state index is 0.161. The summed E-state index contributed by atoms with van der Waals surface area (Å²) in [5.41, 5.74) is 1.43. The van der Waals surface area contributed by atoms with Crippen molar-refractivity contribution in [1.29, 1.82) is 0 Å². The molecular weight excluding hydrogens is 385 g/mol. The highest BCUT2D eigenvalue weighted by Gasteiger charge is 2.32. The lowest BCUT2D eigenvalue weighted by Crippen LogP contribution is -2.32. The molecule has 2 aliphatic rings. The fraction of sp³-hybridized carbons (Fsp3) is 0.500. The molecule has 160 valence electrons.